The van der Waals surface area contributed by atoms with Gasteiger partial charge in [0, 0.05) is 13.0 Å². The molecule has 3 nitrogen and oxygen atoms in total. The number of hydrogen-bond donors (Lipinski definition) is 0. The summed E-state index contributed by atoms with van der Waals surface area (Å²) >= 11 is 0. The molecule has 2 aromatic rings. The van der Waals surface area contributed by atoms with Crippen molar-refractivity contribution in [3.8, 4) is 5.75 Å². The quantitative estimate of drug-likeness (QED) is 0.861. The smallest absolute Gasteiger partial charge is 0.223 e. The fraction of sp³-hybridized carbons (Fsp3) is 0.278. The van der Waals surface area contributed by atoms with Crippen molar-refractivity contribution >= 4 is 5.91 Å². The Labute approximate surface area is 129 Å². The van der Waals surface area contributed by atoms with Gasteiger partial charge in [-0.15, -0.1) is 0 Å². The van der Waals surface area contributed by atoms with Crippen molar-refractivity contribution in [2.24, 2.45) is 0 Å². The van der Waals surface area contributed by atoms with Gasteiger partial charge in [-0.05, 0) is 41.8 Å². The highest BCUT2D eigenvalue weighted by Crippen LogP contribution is 2.34. The SMILES string of the molecule is COc1ccc(C2CCC(=O)N2Cc2ccc(F)cc2)cc1. The van der Waals surface area contributed by atoms with Crippen molar-refractivity contribution in [3.05, 3.63) is 65.5 Å². The summed E-state index contributed by atoms with van der Waals surface area (Å²) < 4.78 is 18.2. The molecule has 0 radical (unpaired) electrons. The van der Waals surface area contributed by atoms with Gasteiger partial charge in [0.25, 0.3) is 0 Å². The Bertz CT molecular complexity index is 652. The van der Waals surface area contributed by atoms with Gasteiger partial charge in [0.2, 0.25) is 5.91 Å². The zero-order valence-electron chi connectivity index (χ0n) is 12.5. The summed E-state index contributed by atoms with van der Waals surface area (Å²) in [5.74, 6) is 0.687. The van der Waals surface area contributed by atoms with Crippen molar-refractivity contribution in [1.82, 2.24) is 4.90 Å². The van der Waals surface area contributed by atoms with Crippen LogP contribution in [0.1, 0.15) is 30.0 Å². The van der Waals surface area contributed by atoms with Gasteiger partial charge in [-0.25, -0.2) is 4.39 Å². The Morgan fingerprint density at radius 1 is 1.14 bits per heavy atom. The second kappa shape index (κ2) is 6.18. The Morgan fingerprint density at radius 3 is 2.45 bits per heavy atom. The topological polar surface area (TPSA) is 29.5 Å². The molecule has 1 fully saturated rings. The predicted octanol–water partition coefficient (Wildman–Crippen LogP) is 3.70. The molecule has 1 atom stereocenters. The number of carbonyl (C=O) groups is 1. The first-order valence-corrected chi connectivity index (χ1v) is 7.35. The molecule has 114 valence electrons. The van der Waals surface area contributed by atoms with Crippen LogP contribution >= 0.6 is 0 Å². The number of hydrogen-bond acceptors (Lipinski definition) is 2. The van der Waals surface area contributed by atoms with Crippen LogP contribution in [0.2, 0.25) is 0 Å². The number of carbonyl (C=O) groups excluding carboxylic acids is 1. The molecule has 2 aromatic carbocycles. The third-order valence-electron chi connectivity index (χ3n) is 4.09. The molecular weight excluding hydrogens is 281 g/mol. The van der Waals surface area contributed by atoms with Crippen LogP contribution < -0.4 is 4.74 Å². The lowest BCUT2D eigenvalue weighted by Crippen LogP contribution is -2.27. The molecular formula is C18H18FNO2. The fourth-order valence-corrected chi connectivity index (χ4v) is 2.89. The number of methoxy groups -OCH3 is 1. The molecule has 1 aliphatic heterocycles. The zero-order valence-corrected chi connectivity index (χ0v) is 12.5. The van der Waals surface area contributed by atoms with E-state index in [-0.39, 0.29) is 17.8 Å². The van der Waals surface area contributed by atoms with Crippen molar-refractivity contribution in [1.29, 1.82) is 0 Å². The number of nitrogens with zero attached hydrogens (tertiary/aromatic N) is 1. The van der Waals surface area contributed by atoms with Crippen molar-refractivity contribution < 1.29 is 13.9 Å². The fourth-order valence-electron chi connectivity index (χ4n) is 2.89. The van der Waals surface area contributed by atoms with Crippen LogP contribution in [0, 0.1) is 5.82 Å². The average molecular weight is 299 g/mol. The molecule has 1 heterocycles. The van der Waals surface area contributed by atoms with Gasteiger partial charge >= 0.3 is 0 Å². The molecule has 3 rings (SSSR count). The minimum atomic E-state index is -0.261. The molecule has 0 aliphatic carbocycles. The molecule has 0 bridgehead atoms. The number of amides is 1. The summed E-state index contributed by atoms with van der Waals surface area (Å²) in [6.07, 6.45) is 1.37. The minimum absolute atomic E-state index is 0.0726. The minimum Gasteiger partial charge on any atom is -0.497 e. The average Bonchev–Trinajstić information content (AvgIpc) is 2.91. The van der Waals surface area contributed by atoms with Crippen LogP contribution in [0.25, 0.3) is 0 Å². The molecule has 1 unspecified atom stereocenters. The Morgan fingerprint density at radius 2 is 1.82 bits per heavy atom. The first-order chi connectivity index (χ1) is 10.7. The predicted molar refractivity (Wildman–Crippen MR) is 81.9 cm³/mol. The van der Waals surface area contributed by atoms with Gasteiger partial charge in [-0.2, -0.15) is 0 Å². The second-order valence-electron chi connectivity index (χ2n) is 5.48. The Balaban J connectivity index is 1.80. The van der Waals surface area contributed by atoms with E-state index in [0.29, 0.717) is 13.0 Å². The molecule has 0 N–H and O–H groups in total. The van der Waals surface area contributed by atoms with E-state index in [2.05, 4.69) is 0 Å². The monoisotopic (exact) mass is 299 g/mol. The molecule has 0 spiro atoms. The number of ether oxygens (including phenoxy) is 1. The van der Waals surface area contributed by atoms with Gasteiger partial charge in [0.05, 0.1) is 13.2 Å². The van der Waals surface area contributed by atoms with E-state index >= 15 is 0 Å². The number of rotatable bonds is 4. The molecule has 0 aromatic heterocycles. The summed E-state index contributed by atoms with van der Waals surface area (Å²) in [5.41, 5.74) is 2.05. The third-order valence-corrected chi connectivity index (χ3v) is 4.09. The maximum atomic E-state index is 13.0. The Hall–Kier alpha value is -2.36. The number of halogens is 1. The van der Waals surface area contributed by atoms with E-state index in [1.54, 1.807) is 19.2 Å². The second-order valence-corrected chi connectivity index (χ2v) is 5.48. The molecule has 1 saturated heterocycles. The van der Waals surface area contributed by atoms with E-state index in [1.165, 1.54) is 12.1 Å². The van der Waals surface area contributed by atoms with Crippen molar-refractivity contribution in [2.45, 2.75) is 25.4 Å². The zero-order chi connectivity index (χ0) is 15.5. The highest BCUT2D eigenvalue weighted by molar-refractivity contribution is 5.79. The van der Waals surface area contributed by atoms with Crippen LogP contribution in [-0.4, -0.2) is 17.9 Å². The summed E-state index contributed by atoms with van der Waals surface area (Å²) in [6.45, 7) is 0.510. The van der Waals surface area contributed by atoms with Crippen LogP contribution in [-0.2, 0) is 11.3 Å². The van der Waals surface area contributed by atoms with Gasteiger partial charge in [0.1, 0.15) is 11.6 Å². The van der Waals surface area contributed by atoms with Crippen LogP contribution in [0.4, 0.5) is 4.39 Å². The van der Waals surface area contributed by atoms with Crippen molar-refractivity contribution in [2.75, 3.05) is 7.11 Å². The van der Waals surface area contributed by atoms with E-state index in [9.17, 15) is 9.18 Å². The number of benzene rings is 2. The summed E-state index contributed by atoms with van der Waals surface area (Å²) in [7, 11) is 1.63. The van der Waals surface area contributed by atoms with Crippen molar-refractivity contribution in [3.63, 3.8) is 0 Å². The first kappa shape index (κ1) is 14.6. The molecule has 22 heavy (non-hydrogen) atoms. The molecule has 4 heteroatoms. The van der Waals surface area contributed by atoms with E-state index in [1.807, 2.05) is 29.2 Å². The summed E-state index contributed by atoms with van der Waals surface area (Å²) in [6, 6.07) is 14.2. The maximum absolute atomic E-state index is 13.0. The number of likely N-dealkylation sites (tertiary alicyclic amines) is 1. The normalized spacial score (nSPS) is 17.8. The van der Waals surface area contributed by atoms with Gasteiger partial charge in [-0.3, -0.25) is 4.79 Å². The lowest BCUT2D eigenvalue weighted by Gasteiger charge is -2.25. The van der Waals surface area contributed by atoms with Crippen LogP contribution in [0.3, 0.4) is 0 Å². The van der Waals surface area contributed by atoms with Gasteiger partial charge in [-0.1, -0.05) is 24.3 Å². The van der Waals surface area contributed by atoms with E-state index in [4.69, 9.17) is 4.74 Å². The van der Waals surface area contributed by atoms with Crippen LogP contribution in [0.15, 0.2) is 48.5 Å². The summed E-state index contributed by atoms with van der Waals surface area (Å²) in [5, 5.41) is 0. The Kier molecular flexibility index (Phi) is 4.09. The lowest BCUT2D eigenvalue weighted by atomic mass is 10.0. The van der Waals surface area contributed by atoms with Gasteiger partial charge < -0.3 is 9.64 Å². The largest absolute Gasteiger partial charge is 0.497 e. The summed E-state index contributed by atoms with van der Waals surface area (Å²) in [4.78, 5) is 14.0. The van der Waals surface area contributed by atoms with Gasteiger partial charge in [0.15, 0.2) is 0 Å². The van der Waals surface area contributed by atoms with Crippen LogP contribution in [0.5, 0.6) is 5.75 Å². The molecule has 1 amide bonds. The maximum Gasteiger partial charge on any atom is 0.223 e. The van der Waals surface area contributed by atoms with E-state index in [0.717, 1.165) is 23.3 Å². The third kappa shape index (κ3) is 2.96. The first-order valence-electron chi connectivity index (χ1n) is 7.35. The highest BCUT2D eigenvalue weighted by Gasteiger charge is 2.31. The highest BCUT2D eigenvalue weighted by atomic mass is 19.1. The standard InChI is InChI=1S/C18H18FNO2/c1-22-16-8-4-14(5-9-16)17-10-11-18(21)20(17)12-13-2-6-15(19)7-3-13/h2-9,17H,10-12H2,1H3. The molecule has 0 saturated carbocycles. The molecule has 1 aliphatic rings. The lowest BCUT2D eigenvalue weighted by molar-refractivity contribution is -0.129. The van der Waals surface area contributed by atoms with E-state index < -0.39 is 0 Å².